The molecule has 6 rings (SSSR count). The van der Waals surface area contributed by atoms with Gasteiger partial charge in [0.05, 0.1) is 25.6 Å². The minimum Gasteiger partial charge on any atom is -0.504 e. The molecule has 1 aromatic carbocycles. The lowest BCUT2D eigenvalue weighted by Crippen LogP contribution is -2.80. The number of phenols is 2. The van der Waals surface area contributed by atoms with Gasteiger partial charge in [0.1, 0.15) is 11.6 Å². The van der Waals surface area contributed by atoms with Gasteiger partial charge in [0.15, 0.2) is 23.4 Å². The highest BCUT2D eigenvalue weighted by molar-refractivity contribution is 5.90. The zero-order valence-electron chi connectivity index (χ0n) is 15.6. The van der Waals surface area contributed by atoms with Crippen molar-refractivity contribution in [2.45, 2.75) is 61.7 Å². The van der Waals surface area contributed by atoms with Crippen LogP contribution in [-0.4, -0.2) is 63.5 Å². The van der Waals surface area contributed by atoms with Crippen LogP contribution >= 0.6 is 0 Å². The van der Waals surface area contributed by atoms with Crippen LogP contribution in [0, 0.1) is 5.92 Å². The van der Waals surface area contributed by atoms with Crippen molar-refractivity contribution in [1.82, 2.24) is 0 Å². The number of hydrogen-bond acceptors (Lipinski definition) is 5. The number of likely N-dealkylation sites (tertiary alicyclic amines) is 1. The van der Waals surface area contributed by atoms with Gasteiger partial charge in [-0.1, -0.05) is 0 Å². The van der Waals surface area contributed by atoms with Crippen LogP contribution in [-0.2, 0) is 16.6 Å². The Balaban J connectivity index is 1.62. The van der Waals surface area contributed by atoms with Gasteiger partial charge in [0.25, 0.3) is 0 Å². The molecule has 1 saturated heterocycles. The number of carbonyl (C=O) groups excluding carboxylic acids is 1. The van der Waals surface area contributed by atoms with Gasteiger partial charge in [-0.05, 0) is 30.9 Å². The number of piperidine rings is 1. The Kier molecular flexibility index (Phi) is 2.76. The van der Waals surface area contributed by atoms with Crippen molar-refractivity contribution >= 4 is 5.78 Å². The van der Waals surface area contributed by atoms with E-state index in [-0.39, 0.29) is 29.1 Å². The maximum atomic E-state index is 12.8. The molecule has 27 heavy (non-hydrogen) atoms. The van der Waals surface area contributed by atoms with Crippen molar-refractivity contribution in [3.63, 3.8) is 0 Å². The fourth-order valence-electron chi connectivity index (χ4n) is 7.00. The van der Waals surface area contributed by atoms with Gasteiger partial charge in [-0.15, -0.1) is 0 Å². The molecule has 1 unspecified atom stereocenters. The number of quaternary nitrogens is 1. The van der Waals surface area contributed by atoms with Gasteiger partial charge in [-0.2, -0.15) is 0 Å². The van der Waals surface area contributed by atoms with Crippen LogP contribution in [0.5, 0.6) is 17.2 Å². The first-order chi connectivity index (χ1) is 12.8. The monoisotopic (exact) mass is 372 g/mol. The third-order valence-electron chi connectivity index (χ3n) is 8.37. The van der Waals surface area contributed by atoms with Gasteiger partial charge in [-0.3, -0.25) is 4.79 Å². The molecule has 1 spiro atoms. The van der Waals surface area contributed by atoms with Gasteiger partial charge >= 0.3 is 0 Å². The molecule has 3 aliphatic carbocycles. The summed E-state index contributed by atoms with van der Waals surface area (Å²) < 4.78 is 6.82. The van der Waals surface area contributed by atoms with Crippen LogP contribution in [0.2, 0.25) is 0 Å². The Labute approximate surface area is 158 Å². The van der Waals surface area contributed by atoms with E-state index in [2.05, 4.69) is 7.05 Å². The first-order valence-corrected chi connectivity index (χ1v) is 10.1. The molecule has 6 heteroatoms. The number of aromatic hydroxyl groups is 2. The zero-order valence-corrected chi connectivity index (χ0v) is 15.6. The minimum atomic E-state index is -1.02. The average Bonchev–Trinajstić information content (AvgIpc) is 3.34. The minimum absolute atomic E-state index is 0.000314. The molecule has 2 aliphatic heterocycles. The van der Waals surface area contributed by atoms with Gasteiger partial charge in [0.2, 0.25) is 5.75 Å². The number of aliphatic hydroxyl groups is 1. The summed E-state index contributed by atoms with van der Waals surface area (Å²) in [6.45, 7) is 1.96. The van der Waals surface area contributed by atoms with Crippen LogP contribution < -0.4 is 4.74 Å². The molecule has 5 atom stereocenters. The second-order valence-electron chi connectivity index (χ2n) is 9.77. The molecule has 6 nitrogen and oxygen atoms in total. The summed E-state index contributed by atoms with van der Waals surface area (Å²) in [4.78, 5) is 12.8. The number of hydrogen-bond donors (Lipinski definition) is 3. The molecule has 2 heterocycles. The van der Waals surface area contributed by atoms with E-state index in [1.54, 1.807) is 6.07 Å². The first kappa shape index (κ1) is 16.2. The second kappa shape index (κ2) is 4.61. The molecule has 0 aromatic heterocycles. The molecule has 1 aromatic rings. The number of ether oxygens (including phenoxy) is 1. The molecular weight excluding hydrogens is 346 g/mol. The molecule has 3 fully saturated rings. The van der Waals surface area contributed by atoms with Gasteiger partial charge in [0, 0.05) is 30.7 Å². The summed E-state index contributed by atoms with van der Waals surface area (Å²) in [7, 11) is 2.25. The van der Waals surface area contributed by atoms with E-state index in [4.69, 9.17) is 4.74 Å². The molecule has 0 radical (unpaired) electrons. The van der Waals surface area contributed by atoms with Crippen LogP contribution in [0.3, 0.4) is 0 Å². The van der Waals surface area contributed by atoms with Crippen molar-refractivity contribution in [2.24, 2.45) is 5.92 Å². The molecule has 3 N–H and O–H groups in total. The number of ketones is 1. The summed E-state index contributed by atoms with van der Waals surface area (Å²) in [5.74, 6) is 0.455. The molecular formula is C21H26NO5+. The maximum Gasteiger partial charge on any atom is 0.200 e. The van der Waals surface area contributed by atoms with Crippen LogP contribution in [0.15, 0.2) is 6.07 Å². The lowest BCUT2D eigenvalue weighted by Gasteiger charge is -2.64. The van der Waals surface area contributed by atoms with Crippen molar-refractivity contribution in [2.75, 3.05) is 20.1 Å². The topological polar surface area (TPSA) is 87.0 Å². The van der Waals surface area contributed by atoms with Gasteiger partial charge in [-0.25, -0.2) is 0 Å². The summed E-state index contributed by atoms with van der Waals surface area (Å²) in [6.07, 6.45) is 3.85. The Hall–Kier alpha value is -1.79. The Morgan fingerprint density at radius 1 is 1.30 bits per heavy atom. The number of rotatable bonds is 2. The van der Waals surface area contributed by atoms with Crippen LogP contribution in [0.25, 0.3) is 0 Å². The predicted molar refractivity (Wildman–Crippen MR) is 95.8 cm³/mol. The number of likely N-dealkylation sites (N-methyl/N-ethyl adjacent to an activating group) is 1. The summed E-state index contributed by atoms with van der Waals surface area (Å²) in [5, 5.41) is 32.8. The van der Waals surface area contributed by atoms with E-state index in [0.717, 1.165) is 34.6 Å². The zero-order chi connectivity index (χ0) is 18.8. The maximum absolute atomic E-state index is 12.8. The Morgan fingerprint density at radius 2 is 2.07 bits per heavy atom. The fraction of sp³-hybridized carbons (Fsp3) is 0.667. The van der Waals surface area contributed by atoms with Crippen LogP contribution in [0.1, 0.15) is 43.2 Å². The standard InChI is InChI=1S/C21H25NO5/c1-22(10-11-2-3-11)7-6-20-16-12-8-14(24)17(25)18(16)27-19(20)13(23)4-5-21(20,26)15(22)9-12/h8,11,15,19,26H,2-7,9-10H2,1H3,(H-,24,25)/p+1/t15-,19+,20+,21-,22?/m1/s1. The van der Waals surface area contributed by atoms with Gasteiger partial charge < -0.3 is 24.5 Å². The highest BCUT2D eigenvalue weighted by Gasteiger charge is 2.76. The Bertz CT molecular complexity index is 895. The van der Waals surface area contributed by atoms with E-state index in [0.29, 0.717) is 25.7 Å². The molecule has 5 aliphatic rings. The fourth-order valence-corrected chi connectivity index (χ4v) is 7.00. The van der Waals surface area contributed by atoms with Crippen molar-refractivity contribution in [3.8, 4) is 17.2 Å². The summed E-state index contributed by atoms with van der Waals surface area (Å²) in [6, 6.07) is 1.61. The number of benzene rings is 1. The lowest BCUT2D eigenvalue weighted by molar-refractivity contribution is -0.950. The second-order valence-corrected chi connectivity index (χ2v) is 9.77. The summed E-state index contributed by atoms with van der Waals surface area (Å²) >= 11 is 0. The van der Waals surface area contributed by atoms with Crippen LogP contribution in [0.4, 0.5) is 0 Å². The van der Waals surface area contributed by atoms with Crippen molar-refractivity contribution in [3.05, 3.63) is 17.2 Å². The third-order valence-corrected chi connectivity index (χ3v) is 8.37. The molecule has 0 amide bonds. The normalized spacial score (nSPS) is 44.0. The van der Waals surface area contributed by atoms with E-state index < -0.39 is 17.1 Å². The third kappa shape index (κ3) is 1.68. The molecule has 2 saturated carbocycles. The lowest BCUT2D eigenvalue weighted by atomic mass is 9.48. The number of nitrogens with zero attached hydrogens (tertiary/aromatic N) is 1. The quantitative estimate of drug-likeness (QED) is 0.539. The highest BCUT2D eigenvalue weighted by Crippen LogP contribution is 2.66. The number of Topliss-reactive ketones (excluding diaryl/α,β-unsaturated/α-hetero) is 1. The van der Waals surface area contributed by atoms with Crippen molar-refractivity contribution < 1.29 is 29.3 Å². The van der Waals surface area contributed by atoms with E-state index in [1.807, 2.05) is 0 Å². The summed E-state index contributed by atoms with van der Waals surface area (Å²) in [5.41, 5.74) is -0.100. The van der Waals surface area contributed by atoms with E-state index >= 15 is 0 Å². The number of phenolic OH excluding ortho intramolecular Hbond substituents is 2. The smallest absolute Gasteiger partial charge is 0.200 e. The SMILES string of the molecule is C[N+]1(CC2CC2)CC[C@]23c4c5cc(O)c(O)c4O[C@H]2C(=O)CC[C@@]3(O)[C@H]1C5. The highest BCUT2D eigenvalue weighted by atomic mass is 16.5. The largest absolute Gasteiger partial charge is 0.504 e. The average molecular weight is 372 g/mol. The Morgan fingerprint density at radius 3 is 2.81 bits per heavy atom. The first-order valence-electron chi connectivity index (χ1n) is 10.1. The predicted octanol–water partition coefficient (Wildman–Crippen LogP) is 1.38. The van der Waals surface area contributed by atoms with Crippen molar-refractivity contribution in [1.29, 1.82) is 0 Å². The number of carbonyl (C=O) groups is 1. The van der Waals surface area contributed by atoms with E-state index in [9.17, 15) is 20.1 Å². The molecule has 2 bridgehead atoms. The van der Waals surface area contributed by atoms with E-state index in [1.165, 1.54) is 12.8 Å². The molecule has 144 valence electrons.